The van der Waals surface area contributed by atoms with Crippen LogP contribution in [0.4, 0.5) is 4.39 Å². The van der Waals surface area contributed by atoms with E-state index in [0.717, 1.165) is 12.8 Å². The van der Waals surface area contributed by atoms with Crippen molar-refractivity contribution in [2.45, 2.75) is 44.2 Å². The molecule has 1 aromatic carbocycles. The molecule has 1 amide bonds. The van der Waals surface area contributed by atoms with E-state index in [2.05, 4.69) is 0 Å². The fourth-order valence-electron chi connectivity index (χ4n) is 3.43. The van der Waals surface area contributed by atoms with Crippen molar-refractivity contribution >= 4 is 5.91 Å². The predicted octanol–water partition coefficient (Wildman–Crippen LogP) is 3.64. The monoisotopic (exact) mass is 331 g/mol. The molecule has 1 aromatic heterocycles. The lowest BCUT2D eigenvalue weighted by molar-refractivity contribution is -0.133. The normalized spacial score (nSPS) is 20.1. The number of aliphatic hydroxyl groups is 1. The van der Waals surface area contributed by atoms with E-state index in [1.165, 1.54) is 12.3 Å². The molecule has 1 aliphatic heterocycles. The number of furan rings is 1. The number of carbonyl (C=O) groups is 1. The van der Waals surface area contributed by atoms with Gasteiger partial charge in [0.25, 0.3) is 0 Å². The summed E-state index contributed by atoms with van der Waals surface area (Å²) >= 11 is 0. The Balaban J connectivity index is 1.70. The molecule has 2 aromatic rings. The Bertz CT molecular complexity index is 686. The minimum absolute atomic E-state index is 0.0492. The van der Waals surface area contributed by atoms with E-state index in [1.54, 1.807) is 42.2 Å². The van der Waals surface area contributed by atoms with Gasteiger partial charge in [0.1, 0.15) is 17.7 Å². The number of halogens is 1. The molecule has 1 aliphatic rings. The van der Waals surface area contributed by atoms with Crippen LogP contribution in [-0.4, -0.2) is 28.5 Å². The Morgan fingerprint density at radius 1 is 1.38 bits per heavy atom. The quantitative estimate of drug-likeness (QED) is 0.910. The number of rotatable bonds is 5. The van der Waals surface area contributed by atoms with Crippen LogP contribution in [0.1, 0.15) is 49.5 Å². The van der Waals surface area contributed by atoms with Gasteiger partial charge in [-0.15, -0.1) is 0 Å². The van der Waals surface area contributed by atoms with E-state index in [1.807, 2.05) is 0 Å². The van der Waals surface area contributed by atoms with Gasteiger partial charge in [-0.05, 0) is 43.5 Å². The molecular weight excluding hydrogens is 309 g/mol. The van der Waals surface area contributed by atoms with Crippen LogP contribution in [0.3, 0.4) is 0 Å². The number of aliphatic hydroxyl groups excluding tert-OH is 1. The minimum atomic E-state index is -0.734. The summed E-state index contributed by atoms with van der Waals surface area (Å²) in [4.78, 5) is 14.6. The third kappa shape index (κ3) is 3.36. The summed E-state index contributed by atoms with van der Waals surface area (Å²) in [6.07, 6.45) is 2.96. The molecule has 24 heavy (non-hydrogen) atoms. The third-order valence-electron chi connectivity index (χ3n) is 4.77. The highest BCUT2D eigenvalue weighted by atomic mass is 19.1. The van der Waals surface area contributed by atoms with Gasteiger partial charge in [0, 0.05) is 19.0 Å². The smallest absolute Gasteiger partial charge is 0.230 e. The number of likely N-dealkylation sites (tertiary alicyclic amines) is 1. The van der Waals surface area contributed by atoms with Crippen LogP contribution < -0.4 is 0 Å². The van der Waals surface area contributed by atoms with Crippen LogP contribution >= 0.6 is 0 Å². The third-order valence-corrected chi connectivity index (χ3v) is 4.77. The summed E-state index contributed by atoms with van der Waals surface area (Å²) < 4.78 is 19.2. The molecule has 3 unspecified atom stereocenters. The first-order chi connectivity index (χ1) is 11.6. The number of hydrogen-bond acceptors (Lipinski definition) is 3. The van der Waals surface area contributed by atoms with Gasteiger partial charge in [0.05, 0.1) is 12.2 Å². The average molecular weight is 331 g/mol. The zero-order chi connectivity index (χ0) is 17.1. The predicted molar refractivity (Wildman–Crippen MR) is 87.8 cm³/mol. The highest BCUT2D eigenvalue weighted by Crippen LogP contribution is 2.31. The summed E-state index contributed by atoms with van der Waals surface area (Å²) in [6, 6.07) is 9.80. The van der Waals surface area contributed by atoms with Crippen molar-refractivity contribution in [2.24, 2.45) is 0 Å². The maximum absolute atomic E-state index is 14.0. The summed E-state index contributed by atoms with van der Waals surface area (Å²) in [5, 5.41) is 10.3. The Hall–Kier alpha value is -2.14. The van der Waals surface area contributed by atoms with Crippen molar-refractivity contribution in [1.29, 1.82) is 0 Å². The van der Waals surface area contributed by atoms with Crippen molar-refractivity contribution in [2.75, 3.05) is 6.54 Å². The summed E-state index contributed by atoms with van der Waals surface area (Å²) in [5.74, 6) is -0.469. The van der Waals surface area contributed by atoms with Gasteiger partial charge in [-0.3, -0.25) is 4.79 Å². The Labute approximate surface area is 140 Å². The molecule has 0 bridgehead atoms. The molecule has 0 saturated carbocycles. The number of amides is 1. The number of benzene rings is 1. The van der Waals surface area contributed by atoms with E-state index < -0.39 is 12.0 Å². The molecular formula is C19H22FNO3. The van der Waals surface area contributed by atoms with Crippen molar-refractivity contribution < 1.29 is 18.7 Å². The van der Waals surface area contributed by atoms with Gasteiger partial charge >= 0.3 is 0 Å². The Morgan fingerprint density at radius 2 is 2.17 bits per heavy atom. The Kier molecular flexibility index (Phi) is 5.00. The second-order valence-corrected chi connectivity index (χ2v) is 6.34. The molecule has 4 nitrogen and oxygen atoms in total. The SMILES string of the molecule is CC(C(=O)N1CCCC1CC(O)c1ccco1)c1ccccc1F. The van der Waals surface area contributed by atoms with Gasteiger partial charge in [0.2, 0.25) is 5.91 Å². The minimum Gasteiger partial charge on any atom is -0.467 e. The number of carbonyl (C=O) groups excluding carboxylic acids is 1. The van der Waals surface area contributed by atoms with Crippen LogP contribution in [-0.2, 0) is 4.79 Å². The van der Waals surface area contributed by atoms with Gasteiger partial charge in [0.15, 0.2) is 0 Å². The van der Waals surface area contributed by atoms with Crippen molar-refractivity contribution in [1.82, 2.24) is 4.90 Å². The van der Waals surface area contributed by atoms with Crippen LogP contribution in [0.5, 0.6) is 0 Å². The Morgan fingerprint density at radius 3 is 2.88 bits per heavy atom. The zero-order valence-corrected chi connectivity index (χ0v) is 13.7. The molecule has 128 valence electrons. The number of hydrogen-bond donors (Lipinski definition) is 1. The number of nitrogens with zero attached hydrogens (tertiary/aromatic N) is 1. The van der Waals surface area contributed by atoms with E-state index in [0.29, 0.717) is 24.3 Å². The molecule has 1 fully saturated rings. The first-order valence-electron chi connectivity index (χ1n) is 8.34. The van der Waals surface area contributed by atoms with Crippen molar-refractivity contribution in [3.63, 3.8) is 0 Å². The average Bonchev–Trinajstić information content (AvgIpc) is 3.25. The van der Waals surface area contributed by atoms with Gasteiger partial charge in [-0.25, -0.2) is 4.39 Å². The maximum Gasteiger partial charge on any atom is 0.230 e. The first-order valence-corrected chi connectivity index (χ1v) is 8.34. The zero-order valence-electron chi connectivity index (χ0n) is 13.7. The van der Waals surface area contributed by atoms with Crippen LogP contribution in [0.15, 0.2) is 47.1 Å². The van der Waals surface area contributed by atoms with Crippen molar-refractivity contribution in [3.05, 3.63) is 59.8 Å². The lowest BCUT2D eigenvalue weighted by Gasteiger charge is -2.29. The highest BCUT2D eigenvalue weighted by Gasteiger charge is 2.34. The van der Waals surface area contributed by atoms with Crippen LogP contribution in [0.2, 0.25) is 0 Å². The fraction of sp³-hybridized carbons (Fsp3) is 0.421. The molecule has 0 spiro atoms. The lowest BCUT2D eigenvalue weighted by Crippen LogP contribution is -2.39. The molecule has 2 heterocycles. The second-order valence-electron chi connectivity index (χ2n) is 6.34. The molecule has 1 saturated heterocycles. The topological polar surface area (TPSA) is 53.7 Å². The summed E-state index contributed by atoms with van der Waals surface area (Å²) in [7, 11) is 0. The molecule has 3 rings (SSSR count). The molecule has 0 aliphatic carbocycles. The fourth-order valence-corrected chi connectivity index (χ4v) is 3.43. The highest BCUT2D eigenvalue weighted by molar-refractivity contribution is 5.84. The molecule has 5 heteroatoms. The molecule has 0 radical (unpaired) electrons. The lowest BCUT2D eigenvalue weighted by atomic mass is 9.97. The van der Waals surface area contributed by atoms with E-state index >= 15 is 0 Å². The van der Waals surface area contributed by atoms with Gasteiger partial charge in [-0.2, -0.15) is 0 Å². The van der Waals surface area contributed by atoms with Gasteiger partial charge < -0.3 is 14.4 Å². The van der Waals surface area contributed by atoms with E-state index in [4.69, 9.17) is 4.42 Å². The standard InChI is InChI=1S/C19H22FNO3/c1-13(15-7-2-3-8-16(15)20)19(23)21-10-4-6-14(21)12-17(22)18-9-5-11-24-18/h2-3,5,7-9,11,13-14,17,22H,4,6,10,12H2,1H3. The second kappa shape index (κ2) is 7.18. The summed E-state index contributed by atoms with van der Waals surface area (Å²) in [6.45, 7) is 2.38. The molecule has 1 N–H and O–H groups in total. The first kappa shape index (κ1) is 16.7. The largest absolute Gasteiger partial charge is 0.467 e. The van der Waals surface area contributed by atoms with Crippen molar-refractivity contribution in [3.8, 4) is 0 Å². The van der Waals surface area contributed by atoms with Crippen LogP contribution in [0, 0.1) is 5.82 Å². The van der Waals surface area contributed by atoms with Crippen LogP contribution in [0.25, 0.3) is 0 Å². The van der Waals surface area contributed by atoms with Gasteiger partial charge in [-0.1, -0.05) is 18.2 Å². The maximum atomic E-state index is 14.0. The molecule has 3 atom stereocenters. The summed E-state index contributed by atoms with van der Waals surface area (Å²) in [5.41, 5.74) is 0.416. The van der Waals surface area contributed by atoms with E-state index in [9.17, 15) is 14.3 Å². The van der Waals surface area contributed by atoms with E-state index in [-0.39, 0.29) is 17.8 Å².